The van der Waals surface area contributed by atoms with Crippen molar-refractivity contribution in [2.24, 2.45) is 0 Å². The van der Waals surface area contributed by atoms with Gasteiger partial charge in [0.2, 0.25) is 5.91 Å². The highest BCUT2D eigenvalue weighted by atomic mass is 32.2. The number of hydrogen-bond acceptors (Lipinski definition) is 4. The molecule has 0 rings (SSSR count). The Bertz CT molecular complexity index is 1210. The molecule has 0 saturated heterocycles. The molecule has 54 heavy (non-hydrogen) atoms. The highest BCUT2D eigenvalue weighted by molar-refractivity contribution is 7.85. The standard InChI is InChI=1S/C47H79NO5S/c1-3-5-7-9-11-13-15-17-19-21-23-25-26-28-30-32-34-36-38-40-42-46(49)45(44-54(51,52)53)48-47(50)43-41-39-37-35-33-31-29-27-24-22-20-18-16-14-12-10-8-6-4-2/h6,8,12,14,18,20,24,27,31-34,37,39-40,42,45-46,49H,3-5,7,9-11,13,15-17,19,21-23,25-26,28-30,35-36,38,41,43-44H2,1-2H3,(H,48,50)(H,51,52,53)/b8-6-,14-12-,20-18-,27-24-,33-31-,34-32+,39-37-,42-40+. The summed E-state index contributed by atoms with van der Waals surface area (Å²) in [6.07, 6.45) is 59.8. The van der Waals surface area contributed by atoms with Gasteiger partial charge in [0, 0.05) is 6.42 Å². The molecule has 0 radical (unpaired) electrons. The van der Waals surface area contributed by atoms with Crippen LogP contribution in [-0.4, -0.2) is 41.9 Å². The number of nitrogens with one attached hydrogen (secondary N) is 1. The van der Waals surface area contributed by atoms with E-state index in [1.165, 1.54) is 96.0 Å². The summed E-state index contributed by atoms with van der Waals surface area (Å²) in [5.74, 6) is -1.12. The molecule has 0 aromatic carbocycles. The van der Waals surface area contributed by atoms with Crippen molar-refractivity contribution in [1.82, 2.24) is 5.32 Å². The Hall–Kier alpha value is -2.74. The minimum atomic E-state index is -4.39. The van der Waals surface area contributed by atoms with Crippen molar-refractivity contribution in [3.63, 3.8) is 0 Å². The molecule has 0 fully saturated rings. The van der Waals surface area contributed by atoms with Crippen LogP contribution in [0.15, 0.2) is 97.2 Å². The molecule has 2 atom stereocenters. The third kappa shape index (κ3) is 40.4. The summed E-state index contributed by atoms with van der Waals surface area (Å²) in [7, 11) is -4.39. The molecular formula is C47H79NO5S. The highest BCUT2D eigenvalue weighted by Crippen LogP contribution is 2.14. The van der Waals surface area contributed by atoms with E-state index >= 15 is 0 Å². The van der Waals surface area contributed by atoms with Gasteiger partial charge in [0.15, 0.2) is 0 Å². The van der Waals surface area contributed by atoms with E-state index in [9.17, 15) is 22.9 Å². The van der Waals surface area contributed by atoms with Gasteiger partial charge >= 0.3 is 0 Å². The maximum Gasteiger partial charge on any atom is 0.267 e. The van der Waals surface area contributed by atoms with Crippen LogP contribution in [0.25, 0.3) is 0 Å². The highest BCUT2D eigenvalue weighted by Gasteiger charge is 2.24. The van der Waals surface area contributed by atoms with Crippen molar-refractivity contribution >= 4 is 16.0 Å². The van der Waals surface area contributed by atoms with Gasteiger partial charge in [-0.2, -0.15) is 8.42 Å². The molecule has 0 aliphatic heterocycles. The Morgan fingerprint density at radius 3 is 1.37 bits per heavy atom. The zero-order valence-corrected chi connectivity index (χ0v) is 35.1. The van der Waals surface area contributed by atoms with Gasteiger partial charge in [-0.25, -0.2) is 0 Å². The van der Waals surface area contributed by atoms with E-state index in [1.54, 1.807) is 6.08 Å². The average molecular weight is 770 g/mol. The van der Waals surface area contributed by atoms with Gasteiger partial charge in [0.1, 0.15) is 0 Å². The number of hydrogen-bond donors (Lipinski definition) is 3. The molecule has 0 heterocycles. The maximum atomic E-state index is 12.5. The fourth-order valence-corrected chi connectivity index (χ4v) is 6.57. The lowest BCUT2D eigenvalue weighted by Gasteiger charge is -2.20. The molecule has 0 aromatic heterocycles. The van der Waals surface area contributed by atoms with Crippen LogP contribution >= 0.6 is 0 Å². The first-order valence-corrected chi connectivity index (χ1v) is 23.0. The summed E-state index contributed by atoms with van der Waals surface area (Å²) < 4.78 is 32.5. The van der Waals surface area contributed by atoms with E-state index in [0.29, 0.717) is 12.8 Å². The Morgan fingerprint density at radius 1 is 0.519 bits per heavy atom. The molecule has 7 heteroatoms. The SMILES string of the molecule is CC/C=C\C/C=C\C/C=C\C/C=C\C/C=C\C/C=C\CCC(=O)NC(CS(=O)(=O)O)C(O)/C=C/CC/C=C/CCCCCCCCCCCCCCCC. The fourth-order valence-electron chi connectivity index (χ4n) is 5.84. The van der Waals surface area contributed by atoms with E-state index in [4.69, 9.17) is 0 Å². The van der Waals surface area contributed by atoms with Gasteiger partial charge in [0.25, 0.3) is 10.1 Å². The van der Waals surface area contributed by atoms with E-state index in [0.717, 1.165) is 51.4 Å². The van der Waals surface area contributed by atoms with E-state index < -0.39 is 28.0 Å². The first-order chi connectivity index (χ1) is 26.3. The van der Waals surface area contributed by atoms with Crippen molar-refractivity contribution in [1.29, 1.82) is 0 Å². The lowest BCUT2D eigenvalue weighted by Crippen LogP contribution is -2.46. The van der Waals surface area contributed by atoms with Gasteiger partial charge in [-0.3, -0.25) is 9.35 Å². The number of amides is 1. The first kappa shape index (κ1) is 51.3. The van der Waals surface area contributed by atoms with Crippen LogP contribution in [0.5, 0.6) is 0 Å². The van der Waals surface area contributed by atoms with Crippen LogP contribution in [0.1, 0.15) is 174 Å². The molecule has 308 valence electrons. The van der Waals surface area contributed by atoms with Gasteiger partial charge in [-0.05, 0) is 70.6 Å². The molecule has 0 aliphatic rings. The van der Waals surface area contributed by atoms with Crippen molar-refractivity contribution in [3.8, 4) is 0 Å². The number of aliphatic hydroxyl groups is 1. The van der Waals surface area contributed by atoms with Crippen LogP contribution in [0.3, 0.4) is 0 Å². The Morgan fingerprint density at radius 2 is 0.907 bits per heavy atom. The zero-order valence-electron chi connectivity index (χ0n) is 34.3. The predicted octanol–water partition coefficient (Wildman–Crippen LogP) is 13.0. The molecule has 0 aliphatic carbocycles. The third-order valence-electron chi connectivity index (χ3n) is 9.01. The molecule has 6 nitrogen and oxygen atoms in total. The van der Waals surface area contributed by atoms with Crippen LogP contribution in [-0.2, 0) is 14.9 Å². The van der Waals surface area contributed by atoms with Crippen LogP contribution in [0, 0.1) is 0 Å². The zero-order chi connectivity index (χ0) is 39.6. The molecule has 2 unspecified atom stereocenters. The summed E-state index contributed by atoms with van der Waals surface area (Å²) in [6, 6.07) is -1.12. The number of aliphatic hydroxyl groups excluding tert-OH is 1. The molecule has 0 saturated carbocycles. The number of allylic oxidation sites excluding steroid dienone is 15. The van der Waals surface area contributed by atoms with Crippen molar-refractivity contribution in [2.45, 2.75) is 187 Å². The van der Waals surface area contributed by atoms with E-state index in [1.807, 2.05) is 12.2 Å². The quantitative estimate of drug-likeness (QED) is 0.0332. The molecule has 1 amide bonds. The molecule has 0 spiro atoms. The van der Waals surface area contributed by atoms with E-state index in [2.05, 4.69) is 92.1 Å². The maximum absolute atomic E-state index is 12.5. The third-order valence-corrected chi connectivity index (χ3v) is 9.79. The Kier molecular flexibility index (Phi) is 37.9. The minimum Gasteiger partial charge on any atom is -0.387 e. The second kappa shape index (κ2) is 39.9. The first-order valence-electron chi connectivity index (χ1n) is 21.4. The van der Waals surface area contributed by atoms with Crippen molar-refractivity contribution < 1.29 is 22.9 Å². The fraction of sp³-hybridized carbons (Fsp3) is 0.638. The van der Waals surface area contributed by atoms with Crippen LogP contribution in [0.2, 0.25) is 0 Å². The number of unbranched alkanes of at least 4 members (excludes halogenated alkanes) is 15. The Balaban J connectivity index is 4.10. The molecule has 0 aromatic rings. The second-order valence-corrected chi connectivity index (χ2v) is 15.7. The average Bonchev–Trinajstić information content (AvgIpc) is 3.14. The topological polar surface area (TPSA) is 104 Å². The summed E-state index contributed by atoms with van der Waals surface area (Å²) in [6.45, 7) is 4.41. The van der Waals surface area contributed by atoms with Gasteiger partial charge in [-0.1, -0.05) is 195 Å². The van der Waals surface area contributed by atoms with Crippen LogP contribution < -0.4 is 5.32 Å². The molecule has 3 N–H and O–H groups in total. The van der Waals surface area contributed by atoms with E-state index in [-0.39, 0.29) is 12.3 Å². The van der Waals surface area contributed by atoms with Crippen LogP contribution in [0.4, 0.5) is 0 Å². The lowest BCUT2D eigenvalue weighted by atomic mass is 10.0. The largest absolute Gasteiger partial charge is 0.387 e. The lowest BCUT2D eigenvalue weighted by molar-refractivity contribution is -0.122. The normalized spacial score (nSPS) is 14.2. The summed E-state index contributed by atoms with van der Waals surface area (Å²) in [4.78, 5) is 12.5. The summed E-state index contributed by atoms with van der Waals surface area (Å²) >= 11 is 0. The minimum absolute atomic E-state index is 0.157. The Labute approximate surface area is 332 Å². The number of rotatable bonds is 37. The number of carbonyl (C=O) groups is 1. The monoisotopic (exact) mass is 770 g/mol. The van der Waals surface area contributed by atoms with Gasteiger partial charge in [-0.15, -0.1) is 0 Å². The van der Waals surface area contributed by atoms with Crippen molar-refractivity contribution in [2.75, 3.05) is 5.75 Å². The summed E-state index contributed by atoms with van der Waals surface area (Å²) in [5, 5.41) is 13.2. The van der Waals surface area contributed by atoms with Crippen molar-refractivity contribution in [3.05, 3.63) is 97.2 Å². The smallest absolute Gasteiger partial charge is 0.267 e. The predicted molar refractivity (Wildman–Crippen MR) is 234 cm³/mol. The van der Waals surface area contributed by atoms with Gasteiger partial charge < -0.3 is 10.4 Å². The second-order valence-electron chi connectivity index (χ2n) is 14.2. The summed E-state index contributed by atoms with van der Waals surface area (Å²) in [5.41, 5.74) is 0. The molecular weight excluding hydrogens is 691 g/mol. The molecule has 0 bridgehead atoms. The number of carbonyl (C=O) groups excluding carboxylic acids is 1. The van der Waals surface area contributed by atoms with Gasteiger partial charge in [0.05, 0.1) is 17.9 Å².